The van der Waals surface area contributed by atoms with Crippen molar-refractivity contribution in [3.05, 3.63) is 210 Å². The molecule has 0 fully saturated rings. The first kappa shape index (κ1) is 34.1. The average Bonchev–Trinajstić information content (AvgIpc) is 3.48. The summed E-state index contributed by atoms with van der Waals surface area (Å²) in [6.07, 6.45) is 9.54. The van der Waals surface area contributed by atoms with Crippen LogP contribution in [0.5, 0.6) is 0 Å². The molecule has 0 amide bonds. The Labute approximate surface area is 330 Å². The van der Waals surface area contributed by atoms with Gasteiger partial charge in [0.25, 0.3) is 0 Å². The highest BCUT2D eigenvalue weighted by Gasteiger charge is 2.35. The Bertz CT molecular complexity index is 2950. The number of rotatable bonds is 4. The fourth-order valence-electron chi connectivity index (χ4n) is 9.43. The molecule has 0 unspecified atom stereocenters. The fraction of sp³-hybridized carbons (Fsp3) is 0.127. The lowest BCUT2D eigenvalue weighted by Crippen LogP contribution is -2.21. The van der Waals surface area contributed by atoms with E-state index in [1.165, 1.54) is 76.8 Å². The van der Waals surface area contributed by atoms with Crippen molar-refractivity contribution in [2.24, 2.45) is 0 Å². The highest BCUT2D eigenvalue weighted by molar-refractivity contribution is 6.20. The van der Waals surface area contributed by atoms with Gasteiger partial charge >= 0.3 is 0 Å². The first-order valence-electron chi connectivity index (χ1n) is 19.8. The normalized spacial score (nSPS) is 16.4. The van der Waals surface area contributed by atoms with Crippen LogP contribution in [0.4, 0.5) is 17.1 Å². The Morgan fingerprint density at radius 1 is 0.482 bits per heavy atom. The standard InChI is InChI=1S/C55H45N/c1-36-13-7-6-8-15-42-33-44(29-31-50(42)54(36,2)3)56(45-30-32-52-49(35-45)47-17-11-12-18-51(47)55(52,4)5)43-27-25-37(26-28-43)41-24-21-39-20-23-40-22-19-38-14-9-10-16-46(38)53(40)48(39)34-41/h6-14,16-35H,1,15H2,2-5H3/b8-6-,13-7-. The van der Waals surface area contributed by atoms with Crippen molar-refractivity contribution >= 4 is 49.4 Å². The molecular weight excluding hydrogens is 675 g/mol. The summed E-state index contributed by atoms with van der Waals surface area (Å²) in [5.41, 5.74) is 14.7. The van der Waals surface area contributed by atoms with Crippen LogP contribution in [0.15, 0.2) is 188 Å². The number of benzene rings is 8. The number of allylic oxidation sites excluding steroid dienone is 5. The molecule has 8 aromatic carbocycles. The monoisotopic (exact) mass is 719 g/mol. The quantitative estimate of drug-likeness (QED) is 0.164. The minimum Gasteiger partial charge on any atom is -0.310 e. The summed E-state index contributed by atoms with van der Waals surface area (Å²) in [6, 6.07) is 56.8. The van der Waals surface area contributed by atoms with E-state index in [2.05, 4.69) is 215 Å². The van der Waals surface area contributed by atoms with Gasteiger partial charge in [-0.15, -0.1) is 0 Å². The van der Waals surface area contributed by atoms with Gasteiger partial charge in [-0.2, -0.15) is 0 Å². The van der Waals surface area contributed by atoms with E-state index in [9.17, 15) is 0 Å². The van der Waals surface area contributed by atoms with Crippen LogP contribution in [0.25, 0.3) is 54.6 Å². The maximum absolute atomic E-state index is 4.47. The van der Waals surface area contributed by atoms with Gasteiger partial charge in [-0.05, 0) is 131 Å². The van der Waals surface area contributed by atoms with Gasteiger partial charge in [-0.3, -0.25) is 0 Å². The maximum Gasteiger partial charge on any atom is 0.0468 e. The predicted octanol–water partition coefficient (Wildman–Crippen LogP) is 15.1. The van der Waals surface area contributed by atoms with Crippen LogP contribution in [0.3, 0.4) is 0 Å². The molecule has 270 valence electrons. The van der Waals surface area contributed by atoms with Crippen LogP contribution < -0.4 is 4.90 Å². The van der Waals surface area contributed by atoms with Crippen LogP contribution in [0, 0.1) is 0 Å². The van der Waals surface area contributed by atoms with Gasteiger partial charge in [-0.1, -0.05) is 168 Å². The molecule has 0 heterocycles. The van der Waals surface area contributed by atoms with Gasteiger partial charge in [0.05, 0.1) is 0 Å². The number of nitrogens with zero attached hydrogens (tertiary/aromatic N) is 1. The van der Waals surface area contributed by atoms with Crippen molar-refractivity contribution in [2.45, 2.75) is 44.9 Å². The number of fused-ring (bicyclic) bond motifs is 9. The second kappa shape index (κ2) is 12.8. The van der Waals surface area contributed by atoms with Gasteiger partial charge in [0, 0.05) is 27.9 Å². The first-order chi connectivity index (χ1) is 27.2. The predicted molar refractivity (Wildman–Crippen MR) is 241 cm³/mol. The molecule has 0 saturated carbocycles. The molecule has 0 atom stereocenters. The molecule has 8 aromatic rings. The van der Waals surface area contributed by atoms with Gasteiger partial charge < -0.3 is 4.90 Å². The zero-order valence-corrected chi connectivity index (χ0v) is 32.6. The number of hydrogen-bond donors (Lipinski definition) is 0. The van der Waals surface area contributed by atoms with E-state index in [0.717, 1.165) is 29.1 Å². The van der Waals surface area contributed by atoms with Crippen LogP contribution in [-0.2, 0) is 17.3 Å². The van der Waals surface area contributed by atoms with Gasteiger partial charge in [0.1, 0.15) is 0 Å². The Balaban J connectivity index is 1.12. The molecule has 1 nitrogen and oxygen atoms in total. The number of hydrogen-bond acceptors (Lipinski definition) is 1. The third-order valence-electron chi connectivity index (χ3n) is 12.7. The molecule has 0 aliphatic heterocycles. The lowest BCUT2D eigenvalue weighted by Gasteiger charge is -2.31. The zero-order chi connectivity index (χ0) is 38.2. The minimum atomic E-state index is -0.191. The Morgan fingerprint density at radius 3 is 1.93 bits per heavy atom. The highest BCUT2D eigenvalue weighted by atomic mass is 15.1. The summed E-state index contributed by atoms with van der Waals surface area (Å²) < 4.78 is 0. The number of anilines is 3. The average molecular weight is 720 g/mol. The fourth-order valence-corrected chi connectivity index (χ4v) is 9.43. The van der Waals surface area contributed by atoms with Crippen molar-refractivity contribution in [3.63, 3.8) is 0 Å². The molecule has 0 radical (unpaired) electrons. The second-order valence-corrected chi connectivity index (χ2v) is 16.7. The van der Waals surface area contributed by atoms with Crippen LogP contribution in [0.1, 0.15) is 49.9 Å². The molecule has 10 rings (SSSR count). The first-order valence-corrected chi connectivity index (χ1v) is 19.8. The third kappa shape index (κ3) is 5.37. The van der Waals surface area contributed by atoms with Crippen molar-refractivity contribution < 1.29 is 0 Å². The van der Waals surface area contributed by atoms with Gasteiger partial charge in [0.15, 0.2) is 0 Å². The van der Waals surface area contributed by atoms with Crippen molar-refractivity contribution in [1.82, 2.24) is 0 Å². The van der Waals surface area contributed by atoms with E-state index in [1.54, 1.807) is 0 Å². The SMILES string of the molecule is C=C1/C=C\C=C/Cc2cc(N(c3ccc(-c4ccc5ccc6ccc7ccccc7c6c5c4)cc3)c3ccc4c(c3)-c3ccccc3C4(C)C)ccc2C1(C)C. The zero-order valence-electron chi connectivity index (χ0n) is 32.6. The summed E-state index contributed by atoms with van der Waals surface area (Å²) in [7, 11) is 0. The molecule has 2 aliphatic carbocycles. The van der Waals surface area contributed by atoms with Crippen LogP contribution >= 0.6 is 0 Å². The van der Waals surface area contributed by atoms with E-state index in [1.807, 2.05) is 0 Å². The molecule has 0 bridgehead atoms. The summed E-state index contributed by atoms with van der Waals surface area (Å²) >= 11 is 0. The molecular formula is C55H45N. The largest absolute Gasteiger partial charge is 0.310 e. The smallest absolute Gasteiger partial charge is 0.0468 e. The molecule has 56 heavy (non-hydrogen) atoms. The second-order valence-electron chi connectivity index (χ2n) is 16.7. The van der Waals surface area contributed by atoms with E-state index in [-0.39, 0.29) is 10.8 Å². The molecule has 2 aliphatic rings. The van der Waals surface area contributed by atoms with Crippen LogP contribution in [0.2, 0.25) is 0 Å². The van der Waals surface area contributed by atoms with E-state index < -0.39 is 0 Å². The van der Waals surface area contributed by atoms with Gasteiger partial charge in [-0.25, -0.2) is 0 Å². The summed E-state index contributed by atoms with van der Waals surface area (Å²) in [5, 5.41) is 7.70. The van der Waals surface area contributed by atoms with E-state index in [0.29, 0.717) is 0 Å². The molecule has 1 heteroatoms. The highest BCUT2D eigenvalue weighted by Crippen LogP contribution is 2.51. The van der Waals surface area contributed by atoms with Crippen LogP contribution in [-0.4, -0.2) is 0 Å². The molecule has 0 aromatic heterocycles. The van der Waals surface area contributed by atoms with Gasteiger partial charge in [0.2, 0.25) is 0 Å². The minimum absolute atomic E-state index is 0.0517. The molecule has 0 spiro atoms. The Hall–Kier alpha value is -6.44. The van der Waals surface area contributed by atoms with Crippen molar-refractivity contribution in [3.8, 4) is 22.3 Å². The Morgan fingerprint density at radius 2 is 1.11 bits per heavy atom. The van der Waals surface area contributed by atoms with E-state index in [4.69, 9.17) is 0 Å². The van der Waals surface area contributed by atoms with E-state index >= 15 is 0 Å². The third-order valence-corrected chi connectivity index (χ3v) is 12.7. The lowest BCUT2D eigenvalue weighted by molar-refractivity contribution is 0.635. The summed E-state index contributed by atoms with van der Waals surface area (Å²) in [5.74, 6) is 0. The molecule has 0 saturated heterocycles. The van der Waals surface area contributed by atoms with Crippen molar-refractivity contribution in [1.29, 1.82) is 0 Å². The Kier molecular flexibility index (Phi) is 7.80. The maximum atomic E-state index is 4.47. The summed E-state index contributed by atoms with van der Waals surface area (Å²) in [4.78, 5) is 2.44. The molecule has 0 N–H and O–H groups in total. The topological polar surface area (TPSA) is 3.24 Å². The summed E-state index contributed by atoms with van der Waals surface area (Å²) in [6.45, 7) is 13.7. The lowest BCUT2D eigenvalue weighted by atomic mass is 9.75. The van der Waals surface area contributed by atoms with Crippen molar-refractivity contribution in [2.75, 3.05) is 4.90 Å².